The summed E-state index contributed by atoms with van der Waals surface area (Å²) in [5.74, 6) is 1.94. The van der Waals surface area contributed by atoms with Crippen molar-refractivity contribution in [3.8, 4) is 0 Å². The highest BCUT2D eigenvalue weighted by Crippen LogP contribution is 2.32. The van der Waals surface area contributed by atoms with Gasteiger partial charge in [-0.1, -0.05) is 50.5 Å². The highest BCUT2D eigenvalue weighted by molar-refractivity contribution is 5.32. The maximum atomic E-state index is 3.84. The average Bonchev–Trinajstić information content (AvgIpc) is 2.48. The second-order valence-electron chi connectivity index (χ2n) is 7.02. The molecule has 0 amide bonds. The molecule has 0 heterocycles. The lowest BCUT2D eigenvalue weighted by Crippen LogP contribution is -2.28. The summed E-state index contributed by atoms with van der Waals surface area (Å²) in [6.07, 6.45) is 11.2. The van der Waals surface area contributed by atoms with Crippen molar-refractivity contribution in [3.63, 3.8) is 0 Å². The van der Waals surface area contributed by atoms with Gasteiger partial charge in [-0.2, -0.15) is 0 Å². The van der Waals surface area contributed by atoms with Gasteiger partial charge in [0, 0.05) is 6.04 Å². The third kappa shape index (κ3) is 3.44. The van der Waals surface area contributed by atoms with Gasteiger partial charge in [-0.3, -0.25) is 0 Å². The predicted octanol–water partition coefficient (Wildman–Crippen LogP) is 4.87. The van der Waals surface area contributed by atoms with Crippen molar-refractivity contribution in [2.24, 2.45) is 11.8 Å². The normalized spacial score (nSPS) is 29.9. The fourth-order valence-electron chi connectivity index (χ4n) is 4.25. The Morgan fingerprint density at radius 1 is 1.10 bits per heavy atom. The molecule has 0 aromatic heterocycles. The molecule has 3 rings (SSSR count). The predicted molar refractivity (Wildman–Crippen MR) is 85.9 cm³/mol. The van der Waals surface area contributed by atoms with Gasteiger partial charge in [0.05, 0.1) is 0 Å². The van der Waals surface area contributed by atoms with Crippen LogP contribution in [-0.2, 0) is 6.42 Å². The van der Waals surface area contributed by atoms with Crippen LogP contribution in [0.3, 0.4) is 0 Å². The highest BCUT2D eigenvalue weighted by Gasteiger charge is 2.21. The number of nitrogens with one attached hydrogen (secondary N) is 1. The smallest absolute Gasteiger partial charge is 0.0323 e. The van der Waals surface area contributed by atoms with Gasteiger partial charge in [0.25, 0.3) is 0 Å². The molecular formula is C19H29N. The number of fused-ring (bicyclic) bond motifs is 1. The summed E-state index contributed by atoms with van der Waals surface area (Å²) in [7, 11) is 0. The van der Waals surface area contributed by atoms with Crippen LogP contribution in [0.1, 0.15) is 69.0 Å². The second-order valence-corrected chi connectivity index (χ2v) is 7.02. The summed E-state index contributed by atoms with van der Waals surface area (Å²) < 4.78 is 0. The third-order valence-corrected chi connectivity index (χ3v) is 5.36. The lowest BCUT2D eigenvalue weighted by molar-refractivity contribution is 0.263. The number of aryl methyl sites for hydroxylation is 1. The average molecular weight is 271 g/mol. The fourth-order valence-corrected chi connectivity index (χ4v) is 4.25. The molecule has 2 aliphatic rings. The minimum Gasteiger partial charge on any atom is -0.310 e. The van der Waals surface area contributed by atoms with Gasteiger partial charge >= 0.3 is 0 Å². The van der Waals surface area contributed by atoms with Crippen molar-refractivity contribution in [3.05, 3.63) is 35.4 Å². The molecule has 1 aromatic carbocycles. The van der Waals surface area contributed by atoms with Crippen LogP contribution in [0.25, 0.3) is 0 Å². The number of benzene rings is 1. The van der Waals surface area contributed by atoms with E-state index in [2.05, 4.69) is 36.5 Å². The molecule has 0 saturated heterocycles. The number of hydrogen-bond donors (Lipinski definition) is 1. The van der Waals surface area contributed by atoms with Crippen molar-refractivity contribution < 1.29 is 0 Å². The Morgan fingerprint density at radius 2 is 2.00 bits per heavy atom. The van der Waals surface area contributed by atoms with Gasteiger partial charge in [0.15, 0.2) is 0 Å². The van der Waals surface area contributed by atoms with E-state index in [0.717, 1.165) is 11.8 Å². The van der Waals surface area contributed by atoms with Gasteiger partial charge < -0.3 is 5.32 Å². The summed E-state index contributed by atoms with van der Waals surface area (Å²) >= 11 is 0. The summed E-state index contributed by atoms with van der Waals surface area (Å²) in [4.78, 5) is 0. The van der Waals surface area contributed by atoms with Crippen LogP contribution in [0.4, 0.5) is 0 Å². The highest BCUT2D eigenvalue weighted by atomic mass is 14.9. The summed E-state index contributed by atoms with van der Waals surface area (Å²) in [5, 5.41) is 3.84. The van der Waals surface area contributed by atoms with E-state index in [1.807, 2.05) is 0 Å². The van der Waals surface area contributed by atoms with E-state index >= 15 is 0 Å². The van der Waals surface area contributed by atoms with Crippen LogP contribution in [0.2, 0.25) is 0 Å². The number of rotatable bonds is 4. The van der Waals surface area contributed by atoms with Gasteiger partial charge in [0.1, 0.15) is 0 Å². The first kappa shape index (κ1) is 14.1. The molecule has 0 spiro atoms. The molecule has 1 saturated carbocycles. The molecule has 3 unspecified atom stereocenters. The quantitative estimate of drug-likeness (QED) is 0.823. The first-order chi connectivity index (χ1) is 9.83. The zero-order valence-electron chi connectivity index (χ0n) is 12.9. The van der Waals surface area contributed by atoms with Crippen LogP contribution in [0, 0.1) is 11.8 Å². The van der Waals surface area contributed by atoms with Crippen molar-refractivity contribution in [1.29, 1.82) is 0 Å². The topological polar surface area (TPSA) is 12.0 Å². The van der Waals surface area contributed by atoms with E-state index in [0.29, 0.717) is 6.04 Å². The molecule has 1 N–H and O–H groups in total. The van der Waals surface area contributed by atoms with E-state index in [9.17, 15) is 0 Å². The first-order valence-corrected chi connectivity index (χ1v) is 8.64. The Hall–Kier alpha value is -0.820. The molecule has 3 atom stereocenters. The van der Waals surface area contributed by atoms with Gasteiger partial charge in [-0.05, 0) is 61.6 Å². The SMILES string of the molecule is CC1CCCC(CCNC2CCCc3ccccc32)C1. The second kappa shape index (κ2) is 6.76. The van der Waals surface area contributed by atoms with Crippen LogP contribution in [0.5, 0.6) is 0 Å². The molecule has 1 aromatic rings. The Bertz CT molecular complexity index is 426. The monoisotopic (exact) mass is 271 g/mol. The molecule has 2 aliphatic carbocycles. The summed E-state index contributed by atoms with van der Waals surface area (Å²) in [5.41, 5.74) is 3.14. The van der Waals surface area contributed by atoms with E-state index in [1.54, 1.807) is 11.1 Å². The standard InChI is InChI=1S/C19H29N/c1-15-6-4-7-16(14-15)12-13-20-19-11-5-9-17-8-2-3-10-18(17)19/h2-3,8,10,15-16,19-20H,4-7,9,11-14H2,1H3. The Morgan fingerprint density at radius 3 is 2.90 bits per heavy atom. The number of hydrogen-bond acceptors (Lipinski definition) is 1. The summed E-state index contributed by atoms with van der Waals surface area (Å²) in [6, 6.07) is 9.63. The lowest BCUT2D eigenvalue weighted by Gasteiger charge is -2.29. The van der Waals surface area contributed by atoms with E-state index < -0.39 is 0 Å². The van der Waals surface area contributed by atoms with E-state index in [-0.39, 0.29) is 0 Å². The molecule has 1 fully saturated rings. The van der Waals surface area contributed by atoms with Crippen LogP contribution < -0.4 is 5.32 Å². The van der Waals surface area contributed by atoms with Crippen LogP contribution in [0.15, 0.2) is 24.3 Å². The maximum Gasteiger partial charge on any atom is 0.0323 e. The molecule has 0 bridgehead atoms. The zero-order valence-corrected chi connectivity index (χ0v) is 12.9. The Labute approximate surface area is 124 Å². The Balaban J connectivity index is 1.49. The van der Waals surface area contributed by atoms with E-state index in [4.69, 9.17) is 0 Å². The minimum atomic E-state index is 0.612. The first-order valence-electron chi connectivity index (χ1n) is 8.64. The van der Waals surface area contributed by atoms with Crippen molar-refractivity contribution >= 4 is 0 Å². The molecule has 20 heavy (non-hydrogen) atoms. The zero-order chi connectivity index (χ0) is 13.8. The molecule has 110 valence electrons. The molecule has 0 radical (unpaired) electrons. The van der Waals surface area contributed by atoms with Gasteiger partial charge in [0.2, 0.25) is 0 Å². The van der Waals surface area contributed by atoms with Gasteiger partial charge in [-0.25, -0.2) is 0 Å². The lowest BCUT2D eigenvalue weighted by atomic mass is 9.80. The Kier molecular flexibility index (Phi) is 4.77. The molecule has 1 heteroatoms. The van der Waals surface area contributed by atoms with Crippen molar-refractivity contribution in [1.82, 2.24) is 5.32 Å². The van der Waals surface area contributed by atoms with Crippen LogP contribution >= 0.6 is 0 Å². The van der Waals surface area contributed by atoms with Crippen molar-refractivity contribution in [2.75, 3.05) is 6.54 Å². The van der Waals surface area contributed by atoms with Gasteiger partial charge in [-0.15, -0.1) is 0 Å². The molecule has 0 aliphatic heterocycles. The maximum absolute atomic E-state index is 3.84. The summed E-state index contributed by atoms with van der Waals surface area (Å²) in [6.45, 7) is 3.63. The fraction of sp³-hybridized carbons (Fsp3) is 0.684. The largest absolute Gasteiger partial charge is 0.310 e. The molecular weight excluding hydrogens is 242 g/mol. The third-order valence-electron chi connectivity index (χ3n) is 5.36. The minimum absolute atomic E-state index is 0.612. The van der Waals surface area contributed by atoms with Crippen LogP contribution in [-0.4, -0.2) is 6.54 Å². The van der Waals surface area contributed by atoms with Crippen molar-refractivity contribution in [2.45, 2.75) is 64.3 Å². The molecule has 1 nitrogen and oxygen atoms in total. The van der Waals surface area contributed by atoms with E-state index in [1.165, 1.54) is 57.9 Å².